The third-order valence-electron chi connectivity index (χ3n) is 14.1. The SMILES string of the molecule is O=C1CCC(N2C(=O)c3cc4c(cc3C2=O)CCN(C(=O)CN2CC3(CCN(c5ccc([C@@H]6c7ccc(O)cc7CC[C@@H]6c6ccccc6)cc5)CC3)C2)CC4)C(=O)N1. The van der Waals surface area contributed by atoms with E-state index in [0.717, 1.165) is 67.9 Å². The predicted molar refractivity (Wildman–Crippen MR) is 221 cm³/mol. The van der Waals surface area contributed by atoms with Crippen molar-refractivity contribution in [1.29, 1.82) is 0 Å². The van der Waals surface area contributed by atoms with Crippen molar-refractivity contribution in [3.05, 3.63) is 129 Å². The van der Waals surface area contributed by atoms with Gasteiger partial charge in [0.15, 0.2) is 0 Å². The molecule has 11 nitrogen and oxygen atoms in total. The van der Waals surface area contributed by atoms with Gasteiger partial charge in [-0.15, -0.1) is 0 Å². The molecule has 1 spiro atoms. The Kier molecular flexibility index (Phi) is 9.38. The van der Waals surface area contributed by atoms with E-state index in [9.17, 15) is 29.1 Å². The molecular formula is C48H49N5O6. The number of amides is 5. The van der Waals surface area contributed by atoms with E-state index < -0.39 is 29.7 Å². The highest BCUT2D eigenvalue weighted by atomic mass is 16.3. The van der Waals surface area contributed by atoms with Gasteiger partial charge in [0.05, 0.1) is 17.7 Å². The molecule has 6 aliphatic rings. The first-order chi connectivity index (χ1) is 28.6. The van der Waals surface area contributed by atoms with E-state index in [1.807, 2.05) is 17.0 Å². The zero-order chi connectivity index (χ0) is 40.4. The van der Waals surface area contributed by atoms with Crippen LogP contribution in [0.4, 0.5) is 5.69 Å². The number of nitrogens with one attached hydrogen (secondary N) is 1. The van der Waals surface area contributed by atoms with Gasteiger partial charge in [0, 0.05) is 57.3 Å². The van der Waals surface area contributed by atoms with E-state index in [2.05, 4.69) is 75.8 Å². The maximum Gasteiger partial charge on any atom is 0.262 e. The number of carbonyl (C=O) groups is 5. The second kappa shape index (κ2) is 14.8. The lowest BCUT2D eigenvalue weighted by molar-refractivity contribution is -0.137. The van der Waals surface area contributed by atoms with Crippen LogP contribution in [-0.4, -0.2) is 101 Å². The summed E-state index contributed by atoms with van der Waals surface area (Å²) in [6.07, 6.45) is 5.56. The molecule has 59 heavy (non-hydrogen) atoms. The highest BCUT2D eigenvalue weighted by Crippen LogP contribution is 2.48. The van der Waals surface area contributed by atoms with Gasteiger partial charge in [-0.1, -0.05) is 48.5 Å². The maximum atomic E-state index is 13.6. The number of aromatic hydroxyl groups is 1. The monoisotopic (exact) mass is 791 g/mol. The van der Waals surface area contributed by atoms with Gasteiger partial charge in [0.2, 0.25) is 17.7 Å². The summed E-state index contributed by atoms with van der Waals surface area (Å²) < 4.78 is 0. The van der Waals surface area contributed by atoms with Gasteiger partial charge < -0.3 is 14.9 Å². The summed E-state index contributed by atoms with van der Waals surface area (Å²) in [4.78, 5) is 72.2. The van der Waals surface area contributed by atoms with Gasteiger partial charge in [0.1, 0.15) is 11.8 Å². The fourth-order valence-corrected chi connectivity index (χ4v) is 11.0. The lowest BCUT2D eigenvalue weighted by atomic mass is 9.69. The molecule has 302 valence electrons. The molecule has 5 heterocycles. The molecule has 1 unspecified atom stereocenters. The maximum absolute atomic E-state index is 13.6. The zero-order valence-corrected chi connectivity index (χ0v) is 33.2. The van der Waals surface area contributed by atoms with Crippen LogP contribution < -0.4 is 10.2 Å². The summed E-state index contributed by atoms with van der Waals surface area (Å²) in [6.45, 7) is 5.31. The van der Waals surface area contributed by atoms with Crippen LogP contribution in [0.25, 0.3) is 0 Å². The number of imide groups is 2. The molecule has 4 aromatic carbocycles. The van der Waals surface area contributed by atoms with Gasteiger partial charge in [0.25, 0.3) is 11.8 Å². The highest BCUT2D eigenvalue weighted by molar-refractivity contribution is 6.23. The van der Waals surface area contributed by atoms with E-state index in [1.54, 1.807) is 12.1 Å². The summed E-state index contributed by atoms with van der Waals surface area (Å²) in [5.41, 5.74) is 9.19. The molecule has 1 aliphatic carbocycles. The second-order valence-electron chi connectivity index (χ2n) is 17.6. The van der Waals surface area contributed by atoms with Gasteiger partial charge in [-0.2, -0.15) is 0 Å². The quantitative estimate of drug-likeness (QED) is 0.256. The predicted octanol–water partition coefficient (Wildman–Crippen LogP) is 5.18. The molecule has 5 aliphatic heterocycles. The normalized spacial score (nSPS) is 23.9. The largest absolute Gasteiger partial charge is 0.508 e. The first kappa shape index (κ1) is 37.5. The van der Waals surface area contributed by atoms with Gasteiger partial charge in [-0.05, 0) is 126 Å². The van der Waals surface area contributed by atoms with Crippen molar-refractivity contribution in [1.82, 2.24) is 20.0 Å². The Labute approximate surface area is 344 Å². The summed E-state index contributed by atoms with van der Waals surface area (Å²) in [6, 6.07) is 28.5. The minimum absolute atomic E-state index is 0.0822. The summed E-state index contributed by atoms with van der Waals surface area (Å²) in [7, 11) is 0. The number of rotatable bonds is 6. The Hall–Kier alpha value is -5.81. The number of anilines is 1. The molecule has 3 saturated heterocycles. The molecule has 10 rings (SSSR count). The number of aryl methyl sites for hydroxylation is 1. The average Bonchev–Trinajstić information content (AvgIpc) is 3.34. The van der Waals surface area contributed by atoms with Crippen LogP contribution in [0, 0.1) is 5.41 Å². The molecule has 5 amide bonds. The lowest BCUT2D eigenvalue weighted by Crippen LogP contribution is -2.62. The first-order valence-corrected chi connectivity index (χ1v) is 21.2. The number of phenols is 1. The third-order valence-corrected chi connectivity index (χ3v) is 14.1. The van der Waals surface area contributed by atoms with Crippen LogP contribution in [-0.2, 0) is 33.6 Å². The van der Waals surface area contributed by atoms with Gasteiger partial charge >= 0.3 is 0 Å². The summed E-state index contributed by atoms with van der Waals surface area (Å²) in [5.74, 6) is -0.976. The smallest absolute Gasteiger partial charge is 0.262 e. The van der Waals surface area contributed by atoms with E-state index in [-0.39, 0.29) is 41.2 Å². The van der Waals surface area contributed by atoms with E-state index in [0.29, 0.717) is 44.1 Å². The fraction of sp³-hybridized carbons (Fsp3) is 0.396. The zero-order valence-electron chi connectivity index (χ0n) is 33.2. The number of carbonyl (C=O) groups excluding carboxylic acids is 5. The Bertz CT molecular complexity index is 2320. The third kappa shape index (κ3) is 6.79. The minimum atomic E-state index is -0.989. The van der Waals surface area contributed by atoms with E-state index in [1.165, 1.54) is 27.9 Å². The van der Waals surface area contributed by atoms with Gasteiger partial charge in [-0.25, -0.2) is 0 Å². The number of likely N-dealkylation sites (tertiary alicyclic amines) is 1. The number of benzene rings is 4. The molecule has 3 fully saturated rings. The Morgan fingerprint density at radius 1 is 0.712 bits per heavy atom. The molecule has 0 saturated carbocycles. The van der Waals surface area contributed by atoms with E-state index >= 15 is 0 Å². The molecule has 0 bridgehead atoms. The molecule has 3 atom stereocenters. The van der Waals surface area contributed by atoms with Crippen LogP contribution >= 0.6 is 0 Å². The van der Waals surface area contributed by atoms with Crippen molar-refractivity contribution < 1.29 is 29.1 Å². The Balaban J connectivity index is 0.729. The van der Waals surface area contributed by atoms with Crippen LogP contribution in [0.15, 0.2) is 84.9 Å². The van der Waals surface area contributed by atoms with Crippen LogP contribution in [0.1, 0.15) is 98.0 Å². The van der Waals surface area contributed by atoms with Crippen molar-refractivity contribution in [2.45, 2.75) is 69.2 Å². The first-order valence-electron chi connectivity index (χ1n) is 21.2. The average molecular weight is 792 g/mol. The minimum Gasteiger partial charge on any atom is -0.508 e. The molecule has 4 aromatic rings. The number of hydrogen-bond acceptors (Lipinski definition) is 8. The number of piperidine rings is 2. The number of fused-ring (bicyclic) bond motifs is 3. The fourth-order valence-electron chi connectivity index (χ4n) is 11.0. The highest BCUT2D eigenvalue weighted by Gasteiger charge is 2.47. The molecular weight excluding hydrogens is 743 g/mol. The van der Waals surface area contributed by atoms with Crippen LogP contribution in [0.2, 0.25) is 0 Å². The summed E-state index contributed by atoms with van der Waals surface area (Å²) in [5, 5.41) is 12.5. The van der Waals surface area contributed by atoms with Crippen molar-refractivity contribution in [3.8, 4) is 5.75 Å². The Morgan fingerprint density at radius 3 is 2.05 bits per heavy atom. The molecule has 2 N–H and O–H groups in total. The van der Waals surface area contributed by atoms with Crippen molar-refractivity contribution in [2.75, 3.05) is 50.7 Å². The van der Waals surface area contributed by atoms with Gasteiger partial charge in [-0.3, -0.25) is 39.1 Å². The lowest BCUT2D eigenvalue weighted by Gasteiger charge is -2.54. The Morgan fingerprint density at radius 2 is 1.39 bits per heavy atom. The van der Waals surface area contributed by atoms with E-state index in [4.69, 9.17) is 0 Å². The second-order valence-corrected chi connectivity index (χ2v) is 17.6. The molecule has 0 radical (unpaired) electrons. The molecule has 0 aromatic heterocycles. The van der Waals surface area contributed by atoms with Crippen molar-refractivity contribution in [2.24, 2.45) is 5.41 Å². The summed E-state index contributed by atoms with van der Waals surface area (Å²) >= 11 is 0. The standard InChI is InChI=1S/C48H49N5O6/c54-36-11-13-38-34(24-36)8-12-37(30-4-2-1-3-5-30)44(38)31-6-9-35(10-7-31)51-22-18-48(19-23-51)28-50(29-48)27-43(56)52-20-16-32-25-39-40(26-33(32)17-21-52)47(59)53(46(39)58)41-14-15-42(55)49-45(41)57/h1-7,9-11,13,24-26,37,41,44,54H,8,12,14-23,27-29H2,(H,49,55,57)/t37-,41?,44+/m1/s1. The van der Waals surface area contributed by atoms with Crippen molar-refractivity contribution in [3.63, 3.8) is 0 Å². The number of hydrogen-bond donors (Lipinski definition) is 2. The van der Waals surface area contributed by atoms with Crippen LogP contribution in [0.5, 0.6) is 5.75 Å². The van der Waals surface area contributed by atoms with Crippen LogP contribution in [0.3, 0.4) is 0 Å². The number of nitrogens with zero attached hydrogens (tertiary/aromatic N) is 4. The molecule has 11 heteroatoms. The van der Waals surface area contributed by atoms with Crippen molar-refractivity contribution >= 4 is 35.2 Å². The topological polar surface area (TPSA) is 131 Å². The number of phenolic OH excluding ortho intramolecular Hbond substituents is 1.